The van der Waals surface area contributed by atoms with Crippen LogP contribution in [0.4, 0.5) is 0 Å². The summed E-state index contributed by atoms with van der Waals surface area (Å²) in [7, 11) is 0. The Morgan fingerprint density at radius 2 is 0.708 bits per heavy atom. The molecule has 0 saturated heterocycles. The molecule has 3 heterocycles. The molecule has 0 saturated carbocycles. The molecule has 4 aromatic carbocycles. The molecule has 3 aliphatic heterocycles. The largest absolute Gasteiger partial charge is 0.402 e. The van der Waals surface area contributed by atoms with Crippen LogP contribution in [0, 0.1) is 20.8 Å². The van der Waals surface area contributed by atoms with Crippen LogP contribution in [0.25, 0.3) is 18.2 Å². The van der Waals surface area contributed by atoms with E-state index in [1.54, 1.807) is 36.4 Å². The standard InChI is InChI=1S/C39H27N3O6/c1-22-10-4-7-13-25(22)19-31-37(43)46-34(40-31)28-16-29(35-41-32(38(44)47-35)20-26-14-8-5-11-23(26)2)18-30(17-28)36-42-33(39(45)48-36)21-27-15-9-6-12-24(27)3/h4-21H,1-3H3. The predicted molar refractivity (Wildman–Crippen MR) is 182 cm³/mol. The molecule has 3 aliphatic rings. The molecule has 7 rings (SSSR count). The first kappa shape index (κ1) is 30.2. The lowest BCUT2D eigenvalue weighted by Crippen LogP contribution is -2.13. The first-order valence-corrected chi connectivity index (χ1v) is 15.1. The summed E-state index contributed by atoms with van der Waals surface area (Å²) in [5.41, 5.74) is 6.80. The third-order valence-corrected chi connectivity index (χ3v) is 7.98. The summed E-state index contributed by atoms with van der Waals surface area (Å²) in [6.07, 6.45) is 4.98. The molecule has 0 atom stereocenters. The van der Waals surface area contributed by atoms with E-state index in [1.165, 1.54) is 0 Å². The third-order valence-electron chi connectivity index (χ3n) is 7.98. The van der Waals surface area contributed by atoms with Crippen LogP contribution in [0.3, 0.4) is 0 Å². The van der Waals surface area contributed by atoms with Crippen molar-refractivity contribution < 1.29 is 28.6 Å². The Morgan fingerprint density at radius 1 is 0.438 bits per heavy atom. The molecule has 0 N–H and O–H groups in total. The highest BCUT2D eigenvalue weighted by Crippen LogP contribution is 2.28. The second-order valence-electron chi connectivity index (χ2n) is 11.4. The predicted octanol–water partition coefficient (Wildman–Crippen LogP) is 6.65. The SMILES string of the molecule is Cc1ccccc1C=C1N=C(c2cc(C3=NC(=Cc4ccccc4C)C(=O)O3)cc(C3=NC(=Cc4ccccc4C)C(=O)O3)c2)OC1=O. The summed E-state index contributed by atoms with van der Waals surface area (Å²) >= 11 is 0. The van der Waals surface area contributed by atoms with Gasteiger partial charge in [0.05, 0.1) is 0 Å². The number of hydrogen-bond donors (Lipinski definition) is 0. The topological polar surface area (TPSA) is 116 Å². The maximum atomic E-state index is 12.9. The number of carbonyl (C=O) groups excluding carboxylic acids is 3. The summed E-state index contributed by atoms with van der Waals surface area (Å²) in [5.74, 6) is -1.82. The van der Waals surface area contributed by atoms with E-state index in [0.717, 1.165) is 33.4 Å². The second kappa shape index (κ2) is 12.4. The van der Waals surface area contributed by atoms with E-state index in [2.05, 4.69) is 15.0 Å². The van der Waals surface area contributed by atoms with E-state index >= 15 is 0 Å². The number of hydrogen-bond acceptors (Lipinski definition) is 9. The Labute approximate surface area is 276 Å². The number of aliphatic imine (C=N–C) groups is 3. The first-order chi connectivity index (χ1) is 23.2. The van der Waals surface area contributed by atoms with Gasteiger partial charge < -0.3 is 14.2 Å². The van der Waals surface area contributed by atoms with Crippen LogP contribution in [0.1, 0.15) is 50.1 Å². The third kappa shape index (κ3) is 6.04. The molecule has 0 amide bonds. The lowest BCUT2D eigenvalue weighted by molar-refractivity contribution is -0.130. The number of rotatable bonds is 6. The Balaban J connectivity index is 1.32. The van der Waals surface area contributed by atoms with Crippen molar-refractivity contribution in [2.24, 2.45) is 15.0 Å². The summed E-state index contributed by atoms with van der Waals surface area (Å²) in [6.45, 7) is 5.80. The zero-order valence-electron chi connectivity index (χ0n) is 26.2. The number of benzene rings is 4. The van der Waals surface area contributed by atoms with Crippen molar-refractivity contribution in [2.45, 2.75) is 20.8 Å². The Kier molecular flexibility index (Phi) is 7.78. The van der Waals surface area contributed by atoms with Crippen LogP contribution in [-0.4, -0.2) is 35.6 Å². The van der Waals surface area contributed by atoms with Crippen molar-refractivity contribution in [3.05, 3.63) is 158 Å². The molecule has 48 heavy (non-hydrogen) atoms. The molecule has 4 aromatic rings. The minimum absolute atomic E-state index is 0.0177. The summed E-state index contributed by atoms with van der Waals surface area (Å²) < 4.78 is 16.8. The lowest BCUT2D eigenvalue weighted by atomic mass is 10.0. The average Bonchev–Trinajstić information content (AvgIpc) is 3.76. The van der Waals surface area contributed by atoms with Gasteiger partial charge in [0.15, 0.2) is 17.1 Å². The van der Waals surface area contributed by atoms with Crippen molar-refractivity contribution >= 4 is 53.8 Å². The van der Waals surface area contributed by atoms with E-state index in [4.69, 9.17) is 14.2 Å². The van der Waals surface area contributed by atoms with E-state index in [0.29, 0.717) is 16.7 Å². The molecule has 9 heteroatoms. The van der Waals surface area contributed by atoms with Gasteiger partial charge in [-0.25, -0.2) is 29.4 Å². The van der Waals surface area contributed by atoms with Crippen LogP contribution in [-0.2, 0) is 28.6 Å². The number of nitrogens with zero attached hydrogens (tertiary/aromatic N) is 3. The van der Waals surface area contributed by atoms with Gasteiger partial charge in [-0.1, -0.05) is 72.8 Å². The highest BCUT2D eigenvalue weighted by molar-refractivity contribution is 6.18. The molecule has 0 fully saturated rings. The van der Waals surface area contributed by atoms with Gasteiger partial charge in [0.25, 0.3) is 0 Å². The van der Waals surface area contributed by atoms with Crippen molar-refractivity contribution in [3.63, 3.8) is 0 Å². The number of cyclic esters (lactones) is 3. The zero-order chi connectivity index (χ0) is 33.4. The van der Waals surface area contributed by atoms with Gasteiger partial charge in [0.1, 0.15) is 0 Å². The van der Waals surface area contributed by atoms with Crippen molar-refractivity contribution in [1.82, 2.24) is 0 Å². The van der Waals surface area contributed by atoms with Crippen LogP contribution >= 0.6 is 0 Å². The van der Waals surface area contributed by atoms with Gasteiger partial charge in [-0.15, -0.1) is 0 Å². The molecular formula is C39H27N3O6. The van der Waals surface area contributed by atoms with Crippen molar-refractivity contribution in [3.8, 4) is 0 Å². The van der Waals surface area contributed by atoms with E-state index in [9.17, 15) is 14.4 Å². The van der Waals surface area contributed by atoms with Gasteiger partial charge in [-0.05, 0) is 90.6 Å². The Bertz CT molecular complexity index is 1990. The quantitative estimate of drug-likeness (QED) is 0.133. The van der Waals surface area contributed by atoms with Crippen LogP contribution < -0.4 is 0 Å². The summed E-state index contributed by atoms with van der Waals surface area (Å²) in [4.78, 5) is 52.2. The highest BCUT2D eigenvalue weighted by Gasteiger charge is 2.31. The molecule has 0 bridgehead atoms. The van der Waals surface area contributed by atoms with Gasteiger partial charge in [-0.3, -0.25) is 0 Å². The molecule has 9 nitrogen and oxygen atoms in total. The number of ether oxygens (including phenoxy) is 3. The molecule has 0 aliphatic carbocycles. The number of carbonyl (C=O) groups is 3. The minimum Gasteiger partial charge on any atom is -0.402 e. The van der Waals surface area contributed by atoms with Gasteiger partial charge in [-0.2, -0.15) is 0 Å². The van der Waals surface area contributed by atoms with Crippen molar-refractivity contribution in [2.75, 3.05) is 0 Å². The van der Waals surface area contributed by atoms with E-state index in [1.807, 2.05) is 93.6 Å². The smallest absolute Gasteiger partial charge is 0.363 e. The first-order valence-electron chi connectivity index (χ1n) is 15.1. The highest BCUT2D eigenvalue weighted by atomic mass is 16.6. The van der Waals surface area contributed by atoms with Crippen LogP contribution in [0.5, 0.6) is 0 Å². The van der Waals surface area contributed by atoms with Gasteiger partial charge in [0.2, 0.25) is 17.7 Å². The Hall–Kier alpha value is -6.48. The Morgan fingerprint density at radius 3 is 0.979 bits per heavy atom. The van der Waals surface area contributed by atoms with Crippen molar-refractivity contribution in [1.29, 1.82) is 0 Å². The average molecular weight is 634 g/mol. The van der Waals surface area contributed by atoms with Gasteiger partial charge >= 0.3 is 17.9 Å². The molecule has 234 valence electrons. The number of esters is 3. The van der Waals surface area contributed by atoms with Gasteiger partial charge in [0, 0.05) is 16.7 Å². The molecule has 0 aromatic heterocycles. The normalized spacial score (nSPS) is 18.2. The fourth-order valence-corrected chi connectivity index (χ4v) is 5.28. The minimum atomic E-state index is -0.624. The lowest BCUT2D eigenvalue weighted by Gasteiger charge is -2.08. The fraction of sp³-hybridized carbons (Fsp3) is 0.0769. The second-order valence-corrected chi connectivity index (χ2v) is 11.4. The molecule has 0 unspecified atom stereocenters. The van der Waals surface area contributed by atoms with Crippen LogP contribution in [0.2, 0.25) is 0 Å². The maximum Gasteiger partial charge on any atom is 0.363 e. The van der Waals surface area contributed by atoms with E-state index in [-0.39, 0.29) is 34.8 Å². The zero-order valence-corrected chi connectivity index (χ0v) is 26.2. The summed E-state index contributed by atoms with van der Waals surface area (Å²) in [5, 5.41) is 0. The fourth-order valence-electron chi connectivity index (χ4n) is 5.28. The molecule has 0 spiro atoms. The number of aryl methyl sites for hydroxylation is 3. The van der Waals surface area contributed by atoms with Crippen LogP contribution in [0.15, 0.2) is 123 Å². The maximum absolute atomic E-state index is 12.9. The summed E-state index contributed by atoms with van der Waals surface area (Å²) in [6, 6.07) is 27.7. The molecular weight excluding hydrogens is 606 g/mol. The molecule has 0 radical (unpaired) electrons. The van der Waals surface area contributed by atoms with E-state index < -0.39 is 17.9 Å². The monoisotopic (exact) mass is 633 g/mol.